The number of H-pyrrole nitrogens is 1. The van der Waals surface area contributed by atoms with Crippen LogP contribution in [0.25, 0.3) is 22.2 Å². The van der Waals surface area contributed by atoms with Gasteiger partial charge in [-0.1, -0.05) is 6.07 Å². The fourth-order valence-corrected chi connectivity index (χ4v) is 5.99. The van der Waals surface area contributed by atoms with Crippen LogP contribution in [0.3, 0.4) is 0 Å². The van der Waals surface area contributed by atoms with Crippen LogP contribution in [0.1, 0.15) is 52.5 Å². The predicted octanol–water partition coefficient (Wildman–Crippen LogP) is 5.93. The molecule has 0 aliphatic carbocycles. The van der Waals surface area contributed by atoms with E-state index in [9.17, 15) is 9.90 Å². The second kappa shape index (κ2) is 8.66. The lowest BCUT2D eigenvalue weighted by Gasteiger charge is -2.35. The van der Waals surface area contributed by atoms with E-state index in [0.29, 0.717) is 6.54 Å². The van der Waals surface area contributed by atoms with Crippen LogP contribution >= 0.6 is 0 Å². The number of aromatic amines is 1. The zero-order valence-electron chi connectivity index (χ0n) is 21.0. The van der Waals surface area contributed by atoms with Crippen molar-refractivity contribution in [1.82, 2.24) is 19.9 Å². The first-order chi connectivity index (χ1) is 17.4. The first-order valence-corrected chi connectivity index (χ1v) is 12.7. The van der Waals surface area contributed by atoms with E-state index >= 15 is 0 Å². The van der Waals surface area contributed by atoms with Gasteiger partial charge in [-0.25, -0.2) is 9.78 Å². The Labute approximate surface area is 210 Å². The minimum atomic E-state index is -0.837. The first-order valence-electron chi connectivity index (χ1n) is 12.7. The minimum absolute atomic E-state index is 0.122. The van der Waals surface area contributed by atoms with Gasteiger partial charge in [0.25, 0.3) is 0 Å². The van der Waals surface area contributed by atoms with E-state index in [-0.39, 0.29) is 6.04 Å². The highest BCUT2D eigenvalue weighted by Crippen LogP contribution is 2.40. The van der Waals surface area contributed by atoms with E-state index in [1.54, 1.807) is 4.90 Å². The summed E-state index contributed by atoms with van der Waals surface area (Å²) in [5, 5.41) is 11.1. The molecule has 2 aliphatic rings. The van der Waals surface area contributed by atoms with Gasteiger partial charge in [-0.05, 0) is 92.1 Å². The van der Waals surface area contributed by atoms with Crippen molar-refractivity contribution >= 4 is 22.8 Å². The molecule has 1 atom stereocenters. The Hall–Kier alpha value is -3.87. The van der Waals surface area contributed by atoms with Crippen LogP contribution in [0, 0.1) is 20.8 Å². The molecule has 2 aliphatic heterocycles. The van der Waals surface area contributed by atoms with Crippen molar-refractivity contribution in [1.29, 1.82) is 0 Å². The Morgan fingerprint density at radius 3 is 2.64 bits per heavy atom. The zero-order chi connectivity index (χ0) is 25.0. The molecule has 5 heterocycles. The largest absolute Gasteiger partial charge is 0.465 e. The van der Waals surface area contributed by atoms with Crippen molar-refractivity contribution in [3.8, 4) is 11.1 Å². The molecule has 0 bridgehead atoms. The number of amides is 1. The molecule has 0 spiro atoms. The molecule has 184 valence electrons. The summed E-state index contributed by atoms with van der Waals surface area (Å²) in [4.78, 5) is 28.6. The summed E-state index contributed by atoms with van der Waals surface area (Å²) in [6.45, 7) is 8.43. The number of carbonyl (C=O) groups is 1. The second-order valence-corrected chi connectivity index (χ2v) is 10.2. The number of aryl methyl sites for hydroxylation is 3. The summed E-state index contributed by atoms with van der Waals surface area (Å²) in [7, 11) is 0. The SMILES string of the molecule is Cc1cc(N2CCc3cc(-c4cnc5[nH]cc(C)c5c4)cc([C@@H]4CCCN4C(=O)O)c3C2)cc(C)n1. The van der Waals surface area contributed by atoms with E-state index < -0.39 is 6.09 Å². The highest BCUT2D eigenvalue weighted by atomic mass is 16.4. The lowest BCUT2D eigenvalue weighted by molar-refractivity contribution is 0.140. The minimum Gasteiger partial charge on any atom is -0.465 e. The third-order valence-electron chi connectivity index (χ3n) is 7.74. The molecule has 6 rings (SSSR count). The van der Waals surface area contributed by atoms with Crippen LogP contribution in [0.4, 0.5) is 10.5 Å². The number of nitrogens with one attached hydrogen (secondary N) is 1. The van der Waals surface area contributed by atoms with Crippen molar-refractivity contribution < 1.29 is 9.90 Å². The maximum absolute atomic E-state index is 12.1. The quantitative estimate of drug-likeness (QED) is 0.379. The van der Waals surface area contributed by atoms with Gasteiger partial charge in [0.2, 0.25) is 0 Å². The van der Waals surface area contributed by atoms with Crippen molar-refractivity contribution in [3.05, 3.63) is 76.4 Å². The molecule has 2 N–H and O–H groups in total. The summed E-state index contributed by atoms with van der Waals surface area (Å²) in [6, 6.07) is 10.9. The molecule has 7 heteroatoms. The van der Waals surface area contributed by atoms with Crippen LogP contribution in [-0.2, 0) is 13.0 Å². The van der Waals surface area contributed by atoms with E-state index in [0.717, 1.165) is 71.5 Å². The summed E-state index contributed by atoms with van der Waals surface area (Å²) < 4.78 is 0. The molecule has 4 aromatic rings. The molecule has 7 nitrogen and oxygen atoms in total. The van der Waals surface area contributed by atoms with E-state index in [2.05, 4.69) is 57.1 Å². The number of hydrogen-bond donors (Lipinski definition) is 2. The van der Waals surface area contributed by atoms with Gasteiger partial charge in [-0.15, -0.1) is 0 Å². The summed E-state index contributed by atoms with van der Waals surface area (Å²) in [5.74, 6) is 0. The van der Waals surface area contributed by atoms with Gasteiger partial charge in [0.1, 0.15) is 5.65 Å². The molecule has 0 radical (unpaired) electrons. The monoisotopic (exact) mass is 481 g/mol. The van der Waals surface area contributed by atoms with Crippen molar-refractivity contribution in [3.63, 3.8) is 0 Å². The Morgan fingerprint density at radius 2 is 1.86 bits per heavy atom. The first kappa shape index (κ1) is 22.6. The predicted molar refractivity (Wildman–Crippen MR) is 141 cm³/mol. The molecule has 1 saturated heterocycles. The topological polar surface area (TPSA) is 85.4 Å². The molecule has 1 fully saturated rings. The number of anilines is 1. The van der Waals surface area contributed by atoms with Crippen molar-refractivity contribution in [2.45, 2.75) is 52.6 Å². The van der Waals surface area contributed by atoms with Crippen LogP contribution in [0.2, 0.25) is 0 Å². The lowest BCUT2D eigenvalue weighted by Crippen LogP contribution is -2.34. The number of rotatable bonds is 3. The standard InChI is InChI=1S/C29H31N5O2/c1-17-14-30-28-24(17)13-22(15-31-28)21-11-20-6-8-33(23-9-18(2)32-19(3)10-23)16-26(20)25(12-21)27-5-4-7-34(27)29(35)36/h9-15,27H,4-8,16H2,1-3H3,(H,30,31)(H,35,36)/t27-/m0/s1. The molecule has 0 saturated carbocycles. The van der Waals surface area contributed by atoms with Crippen LogP contribution in [-0.4, -0.2) is 44.1 Å². The normalized spacial score (nSPS) is 17.6. The van der Waals surface area contributed by atoms with Gasteiger partial charge in [0.05, 0.1) is 6.04 Å². The number of nitrogens with zero attached hydrogens (tertiary/aromatic N) is 4. The number of aromatic nitrogens is 3. The second-order valence-electron chi connectivity index (χ2n) is 10.2. The zero-order valence-corrected chi connectivity index (χ0v) is 21.0. The summed E-state index contributed by atoms with van der Waals surface area (Å²) in [6.07, 6.45) is 5.72. The number of carboxylic acid groups (broad SMARTS) is 1. The molecule has 1 amide bonds. The smallest absolute Gasteiger partial charge is 0.407 e. The van der Waals surface area contributed by atoms with Gasteiger partial charge in [-0.3, -0.25) is 4.98 Å². The van der Waals surface area contributed by atoms with Crippen LogP contribution in [0.15, 0.2) is 42.7 Å². The Kier molecular flexibility index (Phi) is 5.43. The van der Waals surface area contributed by atoms with E-state index in [1.807, 2.05) is 26.2 Å². The molecule has 3 aromatic heterocycles. The number of fused-ring (bicyclic) bond motifs is 2. The van der Waals surface area contributed by atoms with Crippen LogP contribution < -0.4 is 4.90 Å². The number of likely N-dealkylation sites (tertiary alicyclic amines) is 1. The van der Waals surface area contributed by atoms with Gasteiger partial charge in [-0.2, -0.15) is 0 Å². The number of benzene rings is 1. The fraction of sp³-hybridized carbons (Fsp3) is 0.345. The van der Waals surface area contributed by atoms with Crippen LogP contribution in [0.5, 0.6) is 0 Å². The molecule has 0 unspecified atom stereocenters. The van der Waals surface area contributed by atoms with E-state index in [1.165, 1.54) is 22.4 Å². The Morgan fingerprint density at radius 1 is 1.06 bits per heavy atom. The highest BCUT2D eigenvalue weighted by molar-refractivity contribution is 5.84. The molecular formula is C29H31N5O2. The molecular weight excluding hydrogens is 450 g/mol. The third kappa shape index (κ3) is 3.88. The van der Waals surface area contributed by atoms with Crippen molar-refractivity contribution in [2.24, 2.45) is 0 Å². The Bertz CT molecular complexity index is 1470. The Balaban J connectivity index is 1.47. The third-order valence-corrected chi connectivity index (χ3v) is 7.74. The van der Waals surface area contributed by atoms with Gasteiger partial charge >= 0.3 is 6.09 Å². The van der Waals surface area contributed by atoms with Gasteiger partial charge < -0.3 is 19.9 Å². The van der Waals surface area contributed by atoms with E-state index in [4.69, 9.17) is 0 Å². The summed E-state index contributed by atoms with van der Waals surface area (Å²) in [5.41, 5.74) is 11.2. The average molecular weight is 482 g/mol. The fourth-order valence-electron chi connectivity index (χ4n) is 5.99. The maximum atomic E-state index is 12.1. The van der Waals surface area contributed by atoms with Gasteiger partial charge in [0, 0.05) is 60.1 Å². The highest BCUT2D eigenvalue weighted by Gasteiger charge is 2.33. The average Bonchev–Trinajstić information content (AvgIpc) is 3.49. The lowest BCUT2D eigenvalue weighted by atomic mass is 9.86. The number of pyridine rings is 2. The summed E-state index contributed by atoms with van der Waals surface area (Å²) >= 11 is 0. The number of hydrogen-bond acceptors (Lipinski definition) is 4. The molecule has 1 aromatic carbocycles. The maximum Gasteiger partial charge on any atom is 0.407 e. The molecule has 36 heavy (non-hydrogen) atoms. The van der Waals surface area contributed by atoms with Crippen molar-refractivity contribution in [2.75, 3.05) is 18.0 Å². The van der Waals surface area contributed by atoms with Gasteiger partial charge in [0.15, 0.2) is 0 Å².